The molecule has 0 unspecified atom stereocenters. The molecule has 0 saturated carbocycles. The molecule has 64 valence electrons. The molecule has 0 heterocycles. The molecule has 0 aromatic rings. The van der Waals surface area contributed by atoms with Crippen LogP contribution in [0.15, 0.2) is 48.6 Å². The number of hydrogen-bond acceptors (Lipinski definition) is 0. The molecule has 0 heteroatoms. The minimum absolute atomic E-state index is 1.20. The van der Waals surface area contributed by atoms with E-state index in [2.05, 4.69) is 19.2 Å². The van der Waals surface area contributed by atoms with Crippen LogP contribution in [0, 0.1) is 0 Å². The summed E-state index contributed by atoms with van der Waals surface area (Å²) in [5, 5.41) is 0. The van der Waals surface area contributed by atoms with Crippen molar-refractivity contribution in [2.45, 2.75) is 25.7 Å². The molecule has 1 rings (SSSR count). The van der Waals surface area contributed by atoms with Crippen LogP contribution in [-0.2, 0) is 0 Å². The van der Waals surface area contributed by atoms with Gasteiger partial charge in [-0.1, -0.05) is 37.5 Å². The van der Waals surface area contributed by atoms with Crippen LogP contribution in [-0.4, -0.2) is 0 Å². The maximum atomic E-state index is 3.80. The van der Waals surface area contributed by atoms with Gasteiger partial charge in [0.1, 0.15) is 0 Å². The smallest absolute Gasteiger partial charge is 0.0234 e. The highest BCUT2D eigenvalue weighted by Gasteiger charge is 2.04. The van der Waals surface area contributed by atoms with Crippen LogP contribution >= 0.6 is 0 Å². The summed E-state index contributed by atoms with van der Waals surface area (Å²) in [6.45, 7) is 7.49. The summed E-state index contributed by atoms with van der Waals surface area (Å²) >= 11 is 0. The fourth-order valence-corrected chi connectivity index (χ4v) is 1.53. The minimum Gasteiger partial charge on any atom is -0.0990 e. The van der Waals surface area contributed by atoms with Crippen molar-refractivity contribution < 1.29 is 0 Å². The van der Waals surface area contributed by atoms with Gasteiger partial charge in [0.25, 0.3) is 0 Å². The lowest BCUT2D eigenvalue weighted by molar-refractivity contribution is 0.708. The van der Waals surface area contributed by atoms with Gasteiger partial charge >= 0.3 is 0 Å². The van der Waals surface area contributed by atoms with Gasteiger partial charge in [0, 0.05) is 0 Å². The molecule has 12 heavy (non-hydrogen) atoms. The van der Waals surface area contributed by atoms with Crippen molar-refractivity contribution in [3.63, 3.8) is 0 Å². The lowest BCUT2D eigenvalue weighted by Crippen LogP contribution is -1.93. The van der Waals surface area contributed by atoms with Crippen LogP contribution in [0.4, 0.5) is 0 Å². The molecular weight excluding hydrogens is 144 g/mol. The van der Waals surface area contributed by atoms with Crippen LogP contribution in [0.1, 0.15) is 25.7 Å². The second-order valence-electron chi connectivity index (χ2n) is 3.04. The van der Waals surface area contributed by atoms with Gasteiger partial charge in [-0.05, 0) is 36.8 Å². The summed E-state index contributed by atoms with van der Waals surface area (Å²) < 4.78 is 0. The number of hydrogen-bond donors (Lipinski definition) is 0. The predicted molar refractivity (Wildman–Crippen MR) is 55.0 cm³/mol. The molecule has 0 nitrogen and oxygen atoms in total. The highest BCUT2D eigenvalue weighted by molar-refractivity contribution is 5.41. The van der Waals surface area contributed by atoms with Gasteiger partial charge in [0.2, 0.25) is 0 Å². The zero-order valence-corrected chi connectivity index (χ0v) is 7.55. The summed E-state index contributed by atoms with van der Waals surface area (Å²) in [7, 11) is 0. The maximum absolute atomic E-state index is 3.80. The quantitative estimate of drug-likeness (QED) is 0.551. The Bertz CT molecular complexity index is 228. The Morgan fingerprint density at radius 3 is 2.67 bits per heavy atom. The lowest BCUT2D eigenvalue weighted by atomic mass is 9.93. The van der Waals surface area contributed by atoms with Gasteiger partial charge in [-0.15, -0.1) is 0 Å². The largest absolute Gasteiger partial charge is 0.0990 e. The van der Waals surface area contributed by atoms with E-state index >= 15 is 0 Å². The van der Waals surface area contributed by atoms with E-state index in [9.17, 15) is 0 Å². The van der Waals surface area contributed by atoms with Crippen molar-refractivity contribution in [3.05, 3.63) is 48.6 Å². The second kappa shape index (κ2) is 4.76. The molecule has 1 aliphatic rings. The SMILES string of the molecule is C=CC=C(C=C)C1=CCCCC1. The van der Waals surface area contributed by atoms with E-state index in [0.29, 0.717) is 0 Å². The first-order valence-electron chi connectivity index (χ1n) is 4.53. The molecular formula is C12H16. The highest BCUT2D eigenvalue weighted by atomic mass is 14.1. The topological polar surface area (TPSA) is 0 Å². The summed E-state index contributed by atoms with van der Waals surface area (Å²) in [4.78, 5) is 0. The molecule has 1 aliphatic carbocycles. The molecule has 0 spiro atoms. The first-order chi connectivity index (χ1) is 5.88. The first-order valence-corrected chi connectivity index (χ1v) is 4.53. The van der Waals surface area contributed by atoms with Crippen molar-refractivity contribution >= 4 is 0 Å². The van der Waals surface area contributed by atoms with Crippen molar-refractivity contribution in [2.24, 2.45) is 0 Å². The van der Waals surface area contributed by atoms with Gasteiger partial charge in [-0.2, -0.15) is 0 Å². The zero-order chi connectivity index (χ0) is 8.81. The minimum atomic E-state index is 1.20. The van der Waals surface area contributed by atoms with Crippen molar-refractivity contribution in [2.75, 3.05) is 0 Å². The molecule has 0 aromatic carbocycles. The van der Waals surface area contributed by atoms with Crippen molar-refractivity contribution in [3.8, 4) is 0 Å². The van der Waals surface area contributed by atoms with E-state index in [1.54, 1.807) is 0 Å². The first kappa shape index (κ1) is 9.05. The third-order valence-electron chi connectivity index (χ3n) is 2.18. The van der Waals surface area contributed by atoms with Crippen molar-refractivity contribution in [1.82, 2.24) is 0 Å². The van der Waals surface area contributed by atoms with E-state index in [-0.39, 0.29) is 0 Å². The standard InChI is InChI=1S/C12H16/c1-3-8-11(4-2)12-9-6-5-7-10-12/h3-4,8-9H,1-2,5-7,10H2. The van der Waals surface area contributed by atoms with Crippen LogP contribution < -0.4 is 0 Å². The maximum Gasteiger partial charge on any atom is -0.0234 e. The molecule has 0 bridgehead atoms. The Morgan fingerprint density at radius 2 is 2.17 bits per heavy atom. The average Bonchev–Trinajstić information content (AvgIpc) is 2.15. The van der Waals surface area contributed by atoms with E-state index in [0.717, 1.165) is 0 Å². The van der Waals surface area contributed by atoms with Gasteiger partial charge in [0.15, 0.2) is 0 Å². The Balaban J connectivity index is 2.77. The van der Waals surface area contributed by atoms with Crippen LogP contribution in [0.5, 0.6) is 0 Å². The molecule has 0 aliphatic heterocycles. The Morgan fingerprint density at radius 1 is 1.33 bits per heavy atom. The fraction of sp³-hybridized carbons (Fsp3) is 0.333. The lowest BCUT2D eigenvalue weighted by Gasteiger charge is -2.12. The summed E-state index contributed by atoms with van der Waals surface area (Å²) in [6.07, 6.45) is 13.2. The molecule has 0 fully saturated rings. The van der Waals surface area contributed by atoms with Gasteiger partial charge in [-0.25, -0.2) is 0 Å². The molecule has 0 amide bonds. The van der Waals surface area contributed by atoms with Crippen LogP contribution in [0.2, 0.25) is 0 Å². The van der Waals surface area contributed by atoms with E-state index < -0.39 is 0 Å². The molecule has 0 N–H and O–H groups in total. The van der Waals surface area contributed by atoms with Gasteiger partial charge in [-0.3, -0.25) is 0 Å². The summed E-state index contributed by atoms with van der Waals surface area (Å²) in [5.74, 6) is 0. The Labute approximate surface area is 75.0 Å². The molecule has 0 radical (unpaired) electrons. The highest BCUT2D eigenvalue weighted by Crippen LogP contribution is 2.24. The molecule has 0 saturated heterocycles. The monoisotopic (exact) mass is 160 g/mol. The van der Waals surface area contributed by atoms with Crippen molar-refractivity contribution in [1.29, 1.82) is 0 Å². The van der Waals surface area contributed by atoms with E-state index in [1.807, 2.05) is 18.2 Å². The average molecular weight is 160 g/mol. The molecule has 0 aromatic heterocycles. The second-order valence-corrected chi connectivity index (χ2v) is 3.04. The van der Waals surface area contributed by atoms with E-state index in [4.69, 9.17) is 0 Å². The third-order valence-corrected chi connectivity index (χ3v) is 2.18. The van der Waals surface area contributed by atoms with Gasteiger partial charge < -0.3 is 0 Å². The van der Waals surface area contributed by atoms with Crippen LogP contribution in [0.3, 0.4) is 0 Å². The van der Waals surface area contributed by atoms with Crippen LogP contribution in [0.25, 0.3) is 0 Å². The predicted octanol–water partition coefficient (Wildman–Crippen LogP) is 3.79. The number of allylic oxidation sites excluding steroid dienone is 6. The summed E-state index contributed by atoms with van der Waals surface area (Å²) in [5.41, 5.74) is 2.68. The third kappa shape index (κ3) is 2.23. The van der Waals surface area contributed by atoms with E-state index in [1.165, 1.54) is 36.8 Å². The normalized spacial score (nSPS) is 18.3. The molecule has 0 atom stereocenters. The van der Waals surface area contributed by atoms with Gasteiger partial charge in [0.05, 0.1) is 0 Å². The Kier molecular flexibility index (Phi) is 3.59. The fourth-order valence-electron chi connectivity index (χ4n) is 1.53. The number of rotatable bonds is 3. The Hall–Kier alpha value is -1.04. The summed E-state index contributed by atoms with van der Waals surface area (Å²) in [6, 6.07) is 0. The zero-order valence-electron chi connectivity index (χ0n) is 7.55.